The highest BCUT2D eigenvalue weighted by Gasteiger charge is 2.35. The van der Waals surface area contributed by atoms with Gasteiger partial charge in [-0.2, -0.15) is 0 Å². The number of urea groups is 1. The van der Waals surface area contributed by atoms with Crippen LogP contribution in [0, 0.1) is 5.92 Å². The Morgan fingerprint density at radius 3 is 2.71 bits per heavy atom. The zero-order chi connectivity index (χ0) is 28.9. The summed E-state index contributed by atoms with van der Waals surface area (Å²) in [7, 11) is 2.03. The number of aliphatic hydroxyl groups is 1. The second-order valence-electron chi connectivity index (χ2n) is 11.6. The van der Waals surface area contributed by atoms with E-state index in [1.54, 1.807) is 23.1 Å². The molecule has 2 aromatic carbocycles. The molecular formula is C31H42N4O6. The standard InChI is InChI=1S/C31H42N4O6/c1-20-15-35(21(2)18-36)30(37)24-10-7-11-25(33-31(38)32-23-8-5-4-6-9-23)29(24)41-28(20)17-34(3)16-22-12-13-26-27(14-22)40-19-39-26/h7,10-14,20-21,23,28,36H,4-6,8-9,15-19H2,1-3H3,(H2,32,33,38)/t20-,21-,28+/m0/s1. The van der Waals surface area contributed by atoms with E-state index >= 15 is 0 Å². The van der Waals surface area contributed by atoms with Crippen LogP contribution in [0.25, 0.3) is 0 Å². The minimum Gasteiger partial charge on any atom is -0.486 e. The number of carbonyl (C=O) groups excluding carboxylic acids is 2. The smallest absolute Gasteiger partial charge is 0.319 e. The lowest BCUT2D eigenvalue weighted by Gasteiger charge is -2.38. The molecule has 1 fully saturated rings. The van der Waals surface area contributed by atoms with Crippen molar-refractivity contribution in [1.29, 1.82) is 0 Å². The third-order valence-corrected chi connectivity index (χ3v) is 8.26. The van der Waals surface area contributed by atoms with Gasteiger partial charge in [-0.15, -0.1) is 0 Å². The molecule has 222 valence electrons. The molecule has 10 nitrogen and oxygen atoms in total. The van der Waals surface area contributed by atoms with Crippen LogP contribution in [0.4, 0.5) is 10.5 Å². The van der Waals surface area contributed by atoms with Crippen molar-refractivity contribution in [2.24, 2.45) is 5.92 Å². The summed E-state index contributed by atoms with van der Waals surface area (Å²) in [6.45, 7) is 5.65. The van der Waals surface area contributed by atoms with Gasteiger partial charge < -0.3 is 34.9 Å². The second-order valence-corrected chi connectivity index (χ2v) is 11.6. The number of nitrogens with zero attached hydrogens (tertiary/aromatic N) is 2. The molecule has 3 aliphatic rings. The SMILES string of the molecule is C[C@H]1CN([C@@H](C)CO)C(=O)c2cccc(NC(=O)NC3CCCCC3)c2O[C@@H]1CN(C)Cc1ccc2c(c1)OCO2. The largest absolute Gasteiger partial charge is 0.486 e. The molecule has 1 saturated carbocycles. The summed E-state index contributed by atoms with van der Waals surface area (Å²) >= 11 is 0. The zero-order valence-corrected chi connectivity index (χ0v) is 24.2. The first kappa shape index (κ1) is 29.0. The Morgan fingerprint density at radius 1 is 1.15 bits per heavy atom. The lowest BCUT2D eigenvalue weighted by Crippen LogP contribution is -2.50. The van der Waals surface area contributed by atoms with Crippen LogP contribution in [0.5, 0.6) is 17.2 Å². The Kier molecular flexibility index (Phi) is 9.19. The quantitative estimate of drug-likeness (QED) is 0.439. The minimum absolute atomic E-state index is 0.0515. The van der Waals surface area contributed by atoms with Crippen LogP contribution < -0.4 is 24.8 Å². The number of nitrogens with one attached hydrogen (secondary N) is 2. The van der Waals surface area contributed by atoms with Crippen LogP contribution in [0.2, 0.25) is 0 Å². The fraction of sp³-hybridized carbons (Fsp3) is 0.548. The second kappa shape index (κ2) is 13.0. The predicted octanol–water partition coefficient (Wildman–Crippen LogP) is 4.22. The first-order valence-electron chi connectivity index (χ1n) is 14.7. The van der Waals surface area contributed by atoms with E-state index < -0.39 is 0 Å². The zero-order valence-electron chi connectivity index (χ0n) is 24.2. The number of amides is 3. The van der Waals surface area contributed by atoms with Gasteiger partial charge in [-0.05, 0) is 56.6 Å². The van der Waals surface area contributed by atoms with Crippen molar-refractivity contribution in [2.75, 3.05) is 38.9 Å². The number of carbonyl (C=O) groups is 2. The molecule has 0 bridgehead atoms. The lowest BCUT2D eigenvalue weighted by atomic mass is 9.96. The van der Waals surface area contributed by atoms with Crippen LogP contribution in [0.1, 0.15) is 61.9 Å². The van der Waals surface area contributed by atoms with E-state index in [0.717, 1.165) is 42.7 Å². The van der Waals surface area contributed by atoms with Gasteiger partial charge in [0.15, 0.2) is 17.2 Å². The number of likely N-dealkylation sites (N-methyl/N-ethyl adjacent to an activating group) is 1. The predicted molar refractivity (Wildman–Crippen MR) is 156 cm³/mol. The molecular weight excluding hydrogens is 524 g/mol. The van der Waals surface area contributed by atoms with Crippen LogP contribution in [-0.4, -0.2) is 78.6 Å². The maximum atomic E-state index is 13.7. The Morgan fingerprint density at radius 2 is 1.93 bits per heavy atom. The third kappa shape index (κ3) is 6.87. The van der Waals surface area contributed by atoms with E-state index in [0.29, 0.717) is 36.6 Å². The highest BCUT2D eigenvalue weighted by atomic mass is 16.7. The number of benzene rings is 2. The van der Waals surface area contributed by atoms with Crippen molar-refractivity contribution in [2.45, 2.75) is 70.7 Å². The van der Waals surface area contributed by atoms with Crippen LogP contribution >= 0.6 is 0 Å². The molecule has 5 rings (SSSR count). The Bertz CT molecular complexity index is 1230. The number of fused-ring (bicyclic) bond motifs is 2. The van der Waals surface area contributed by atoms with Crippen molar-refractivity contribution in [1.82, 2.24) is 15.1 Å². The molecule has 41 heavy (non-hydrogen) atoms. The van der Waals surface area contributed by atoms with Gasteiger partial charge in [0, 0.05) is 31.6 Å². The van der Waals surface area contributed by atoms with Gasteiger partial charge in [0.2, 0.25) is 6.79 Å². The first-order chi connectivity index (χ1) is 19.8. The minimum atomic E-state index is -0.367. The average molecular weight is 567 g/mol. The highest BCUT2D eigenvalue weighted by Crippen LogP contribution is 2.36. The Labute approximate surface area is 241 Å². The Balaban J connectivity index is 1.38. The van der Waals surface area contributed by atoms with Crippen molar-refractivity contribution in [3.8, 4) is 17.2 Å². The number of rotatable bonds is 8. The summed E-state index contributed by atoms with van der Waals surface area (Å²) < 4.78 is 17.6. The molecule has 2 heterocycles. The third-order valence-electron chi connectivity index (χ3n) is 8.26. The number of hydrogen-bond acceptors (Lipinski definition) is 7. The average Bonchev–Trinajstić information content (AvgIpc) is 3.43. The van der Waals surface area contributed by atoms with Crippen molar-refractivity contribution in [3.05, 3.63) is 47.5 Å². The van der Waals surface area contributed by atoms with Crippen molar-refractivity contribution < 1.29 is 28.9 Å². The molecule has 2 aliphatic heterocycles. The van der Waals surface area contributed by atoms with Gasteiger partial charge in [-0.3, -0.25) is 9.69 Å². The molecule has 0 radical (unpaired) electrons. The maximum Gasteiger partial charge on any atom is 0.319 e. The molecule has 3 N–H and O–H groups in total. The summed E-state index contributed by atoms with van der Waals surface area (Å²) in [6, 6.07) is 10.7. The van der Waals surface area contributed by atoms with Gasteiger partial charge in [-0.25, -0.2) is 4.79 Å². The van der Waals surface area contributed by atoms with Crippen LogP contribution in [0.15, 0.2) is 36.4 Å². The molecule has 0 spiro atoms. The van der Waals surface area contributed by atoms with Gasteiger partial charge in [-0.1, -0.05) is 38.3 Å². The van der Waals surface area contributed by atoms with E-state index in [-0.39, 0.29) is 49.4 Å². The molecule has 0 unspecified atom stereocenters. The fourth-order valence-corrected chi connectivity index (χ4v) is 5.87. The van der Waals surface area contributed by atoms with E-state index in [9.17, 15) is 14.7 Å². The Hall–Kier alpha value is -3.50. The van der Waals surface area contributed by atoms with Gasteiger partial charge in [0.1, 0.15) is 6.10 Å². The fourth-order valence-electron chi connectivity index (χ4n) is 5.87. The molecule has 3 atom stereocenters. The number of anilines is 1. The molecule has 0 saturated heterocycles. The van der Waals surface area contributed by atoms with Gasteiger partial charge in [0.05, 0.1) is 23.9 Å². The van der Waals surface area contributed by atoms with Gasteiger partial charge >= 0.3 is 6.03 Å². The maximum absolute atomic E-state index is 13.7. The number of ether oxygens (including phenoxy) is 3. The summed E-state index contributed by atoms with van der Waals surface area (Å²) in [4.78, 5) is 30.6. The van der Waals surface area contributed by atoms with E-state index in [4.69, 9.17) is 14.2 Å². The van der Waals surface area contributed by atoms with Crippen molar-refractivity contribution >= 4 is 17.6 Å². The van der Waals surface area contributed by atoms with E-state index in [1.807, 2.05) is 32.2 Å². The highest BCUT2D eigenvalue weighted by molar-refractivity contribution is 6.01. The number of aliphatic hydroxyl groups excluding tert-OH is 1. The van der Waals surface area contributed by atoms with Crippen LogP contribution in [0.3, 0.4) is 0 Å². The molecule has 1 aliphatic carbocycles. The van der Waals surface area contributed by atoms with E-state index in [1.165, 1.54) is 6.42 Å². The first-order valence-corrected chi connectivity index (χ1v) is 14.7. The molecule has 2 aromatic rings. The lowest BCUT2D eigenvalue weighted by molar-refractivity contribution is 0.0343. The summed E-state index contributed by atoms with van der Waals surface area (Å²) in [6.07, 6.45) is 5.08. The van der Waals surface area contributed by atoms with E-state index in [2.05, 4.69) is 22.5 Å². The van der Waals surface area contributed by atoms with Crippen molar-refractivity contribution in [3.63, 3.8) is 0 Å². The number of hydrogen-bond donors (Lipinski definition) is 3. The number of para-hydroxylation sites is 1. The summed E-state index contributed by atoms with van der Waals surface area (Å²) in [5.41, 5.74) is 1.91. The molecule has 10 heteroatoms. The molecule has 3 amide bonds. The molecule has 0 aromatic heterocycles. The topological polar surface area (TPSA) is 113 Å². The summed E-state index contributed by atoms with van der Waals surface area (Å²) in [5.74, 6) is 1.58. The van der Waals surface area contributed by atoms with Gasteiger partial charge in [0.25, 0.3) is 5.91 Å². The van der Waals surface area contributed by atoms with Crippen LogP contribution in [-0.2, 0) is 6.54 Å². The summed E-state index contributed by atoms with van der Waals surface area (Å²) in [5, 5.41) is 16.0. The normalized spacial score (nSPS) is 21.5. The monoisotopic (exact) mass is 566 g/mol.